The van der Waals surface area contributed by atoms with Gasteiger partial charge in [0.2, 0.25) is 15.8 Å². The van der Waals surface area contributed by atoms with Crippen molar-refractivity contribution in [3.05, 3.63) is 41.3 Å². The van der Waals surface area contributed by atoms with Crippen LogP contribution in [0.1, 0.15) is 37.3 Å². The second-order valence-corrected chi connectivity index (χ2v) is 7.92. The molecule has 1 aromatic heterocycles. The maximum absolute atomic E-state index is 12.4. The van der Waals surface area contributed by atoms with E-state index in [2.05, 4.69) is 14.4 Å². The van der Waals surface area contributed by atoms with Crippen molar-refractivity contribution in [2.45, 2.75) is 43.7 Å². The minimum absolute atomic E-state index is 0.0829. The third-order valence-electron chi connectivity index (χ3n) is 3.58. The molecule has 3 rings (SSSR count). The van der Waals surface area contributed by atoms with Gasteiger partial charge in [0.15, 0.2) is 0 Å². The second-order valence-electron chi connectivity index (χ2n) is 6.15. The Labute approximate surface area is 137 Å². The molecule has 0 radical (unpaired) electrons. The Kier molecular flexibility index (Phi) is 4.08. The van der Waals surface area contributed by atoms with Crippen LogP contribution in [0.4, 0.5) is 8.78 Å². The van der Waals surface area contributed by atoms with Crippen LogP contribution in [0.15, 0.2) is 33.7 Å². The van der Waals surface area contributed by atoms with Gasteiger partial charge in [0, 0.05) is 12.5 Å². The molecule has 0 aliphatic carbocycles. The van der Waals surface area contributed by atoms with E-state index in [-0.39, 0.29) is 22.7 Å². The Morgan fingerprint density at radius 2 is 2.08 bits per heavy atom. The Balaban J connectivity index is 1.74. The van der Waals surface area contributed by atoms with Crippen LogP contribution in [0.3, 0.4) is 0 Å². The standard InChI is InChI=1S/C15H16F2N2O4S/c1-15(2)7-9-5-11(3-4-12(9)22-15)24(20,21)18-8-10-6-13(14(16)17)23-19-10/h3-6,14,18H,7-8H2,1-2H3. The van der Waals surface area contributed by atoms with E-state index in [4.69, 9.17) is 4.74 Å². The summed E-state index contributed by atoms with van der Waals surface area (Å²) in [6.45, 7) is 3.60. The number of nitrogens with zero attached hydrogens (tertiary/aromatic N) is 1. The van der Waals surface area contributed by atoms with Gasteiger partial charge in [-0.2, -0.15) is 0 Å². The minimum atomic E-state index is -3.80. The highest BCUT2D eigenvalue weighted by atomic mass is 32.2. The molecule has 0 amide bonds. The minimum Gasteiger partial charge on any atom is -0.487 e. The zero-order valence-electron chi connectivity index (χ0n) is 13.0. The summed E-state index contributed by atoms with van der Waals surface area (Å²) in [6.07, 6.45) is -2.19. The van der Waals surface area contributed by atoms with E-state index in [1.54, 1.807) is 12.1 Å². The molecule has 0 unspecified atom stereocenters. The number of aromatic nitrogens is 1. The molecular weight excluding hydrogens is 342 g/mol. The van der Waals surface area contributed by atoms with E-state index in [0.717, 1.165) is 11.6 Å². The van der Waals surface area contributed by atoms with Crippen molar-refractivity contribution in [1.82, 2.24) is 9.88 Å². The first kappa shape index (κ1) is 16.8. The van der Waals surface area contributed by atoms with Gasteiger partial charge in [-0.3, -0.25) is 0 Å². The number of benzene rings is 1. The molecule has 0 spiro atoms. The van der Waals surface area contributed by atoms with Crippen LogP contribution in [-0.2, 0) is 23.0 Å². The molecule has 1 aliphatic heterocycles. The van der Waals surface area contributed by atoms with Gasteiger partial charge in [0.25, 0.3) is 6.43 Å². The predicted molar refractivity (Wildman–Crippen MR) is 80.3 cm³/mol. The number of halogens is 2. The topological polar surface area (TPSA) is 81.4 Å². The van der Waals surface area contributed by atoms with E-state index in [0.29, 0.717) is 12.2 Å². The highest BCUT2D eigenvalue weighted by Crippen LogP contribution is 2.35. The largest absolute Gasteiger partial charge is 0.487 e. The van der Waals surface area contributed by atoms with Crippen LogP contribution < -0.4 is 9.46 Å². The van der Waals surface area contributed by atoms with Crippen molar-refractivity contribution in [1.29, 1.82) is 0 Å². The summed E-state index contributed by atoms with van der Waals surface area (Å²) in [5, 5.41) is 3.41. The number of alkyl halides is 2. The lowest BCUT2D eigenvalue weighted by Crippen LogP contribution is -2.24. The maximum atomic E-state index is 12.4. The first-order chi connectivity index (χ1) is 11.2. The molecule has 6 nitrogen and oxygen atoms in total. The summed E-state index contributed by atoms with van der Waals surface area (Å²) in [6, 6.07) is 5.63. The molecule has 0 saturated heterocycles. The average Bonchev–Trinajstić information content (AvgIpc) is 3.06. The van der Waals surface area contributed by atoms with Gasteiger partial charge in [-0.05, 0) is 37.6 Å². The molecule has 1 N–H and O–H groups in total. The molecule has 0 bridgehead atoms. The van der Waals surface area contributed by atoms with Crippen LogP contribution in [-0.4, -0.2) is 19.2 Å². The summed E-state index contributed by atoms with van der Waals surface area (Å²) in [5.41, 5.74) is 0.522. The number of hydrogen-bond donors (Lipinski definition) is 1. The van der Waals surface area contributed by atoms with E-state index >= 15 is 0 Å². The van der Waals surface area contributed by atoms with E-state index in [1.807, 2.05) is 13.8 Å². The van der Waals surface area contributed by atoms with E-state index < -0.39 is 22.2 Å². The fraction of sp³-hybridized carbons (Fsp3) is 0.400. The Morgan fingerprint density at radius 1 is 1.33 bits per heavy atom. The van der Waals surface area contributed by atoms with Gasteiger partial charge >= 0.3 is 0 Å². The molecule has 1 aromatic carbocycles. The first-order valence-corrected chi connectivity index (χ1v) is 8.70. The first-order valence-electron chi connectivity index (χ1n) is 7.21. The normalized spacial score (nSPS) is 16.2. The Morgan fingerprint density at radius 3 is 2.75 bits per heavy atom. The molecule has 0 saturated carbocycles. The highest BCUT2D eigenvalue weighted by molar-refractivity contribution is 7.89. The van der Waals surface area contributed by atoms with Crippen LogP contribution in [0.2, 0.25) is 0 Å². The monoisotopic (exact) mass is 358 g/mol. The molecule has 2 aromatic rings. The van der Waals surface area contributed by atoms with E-state index in [1.165, 1.54) is 6.07 Å². The average molecular weight is 358 g/mol. The summed E-state index contributed by atoms with van der Waals surface area (Å²) in [7, 11) is -3.80. The molecule has 2 heterocycles. The number of ether oxygens (including phenoxy) is 1. The van der Waals surface area contributed by atoms with Crippen molar-refractivity contribution >= 4 is 10.0 Å². The molecule has 0 fully saturated rings. The fourth-order valence-corrected chi connectivity index (χ4v) is 3.57. The quantitative estimate of drug-likeness (QED) is 0.889. The molecule has 1 aliphatic rings. The van der Waals surface area contributed by atoms with Crippen molar-refractivity contribution in [3.8, 4) is 5.75 Å². The Bertz CT molecular complexity index is 862. The number of fused-ring (bicyclic) bond motifs is 1. The third-order valence-corrected chi connectivity index (χ3v) is 4.98. The van der Waals surface area contributed by atoms with Gasteiger partial charge in [-0.15, -0.1) is 0 Å². The summed E-state index contributed by atoms with van der Waals surface area (Å²) in [5.74, 6) is 0.0677. The van der Waals surface area contributed by atoms with Crippen molar-refractivity contribution in [3.63, 3.8) is 0 Å². The number of rotatable bonds is 5. The maximum Gasteiger partial charge on any atom is 0.298 e. The zero-order valence-corrected chi connectivity index (χ0v) is 13.9. The number of hydrogen-bond acceptors (Lipinski definition) is 5. The molecule has 0 atom stereocenters. The lowest BCUT2D eigenvalue weighted by atomic mass is 10.0. The van der Waals surface area contributed by atoms with Crippen molar-refractivity contribution in [2.24, 2.45) is 0 Å². The summed E-state index contributed by atoms with van der Waals surface area (Å²) >= 11 is 0. The number of sulfonamides is 1. The van der Waals surface area contributed by atoms with Gasteiger partial charge in [-0.1, -0.05) is 5.16 Å². The zero-order chi connectivity index (χ0) is 17.5. The predicted octanol–water partition coefficient (Wildman–Crippen LogP) is 2.80. The summed E-state index contributed by atoms with van der Waals surface area (Å²) in [4.78, 5) is 0.0835. The molecule has 24 heavy (non-hydrogen) atoms. The summed E-state index contributed by atoms with van der Waals surface area (Å²) < 4.78 is 62.0. The van der Waals surface area contributed by atoms with Crippen LogP contribution >= 0.6 is 0 Å². The van der Waals surface area contributed by atoms with Gasteiger partial charge < -0.3 is 9.26 Å². The lowest BCUT2D eigenvalue weighted by Gasteiger charge is -2.16. The lowest BCUT2D eigenvalue weighted by molar-refractivity contribution is 0.112. The van der Waals surface area contributed by atoms with Crippen molar-refractivity contribution < 1.29 is 26.5 Å². The third kappa shape index (κ3) is 3.41. The number of nitrogens with one attached hydrogen (secondary N) is 1. The van der Waals surface area contributed by atoms with E-state index in [9.17, 15) is 17.2 Å². The smallest absolute Gasteiger partial charge is 0.298 e. The van der Waals surface area contributed by atoms with Crippen LogP contribution in [0.25, 0.3) is 0 Å². The van der Waals surface area contributed by atoms with Gasteiger partial charge in [-0.25, -0.2) is 21.9 Å². The molecule has 9 heteroatoms. The SMILES string of the molecule is CC1(C)Cc2cc(S(=O)(=O)NCc3cc(C(F)F)on3)ccc2O1. The molecule has 130 valence electrons. The van der Waals surface area contributed by atoms with Crippen molar-refractivity contribution in [2.75, 3.05) is 0 Å². The fourth-order valence-electron chi connectivity index (χ4n) is 2.52. The second kappa shape index (κ2) is 5.82. The van der Waals surface area contributed by atoms with Gasteiger partial charge in [0.1, 0.15) is 11.4 Å². The molecular formula is C15H16F2N2O4S. The van der Waals surface area contributed by atoms with Crippen LogP contribution in [0.5, 0.6) is 5.75 Å². The van der Waals surface area contributed by atoms with Gasteiger partial charge in [0.05, 0.1) is 17.1 Å². The highest BCUT2D eigenvalue weighted by Gasteiger charge is 2.31. The Hall–Kier alpha value is -2.00. The van der Waals surface area contributed by atoms with Crippen LogP contribution in [0, 0.1) is 0 Å².